The predicted molar refractivity (Wildman–Crippen MR) is 66.5 cm³/mol. The van der Waals surface area contributed by atoms with Gasteiger partial charge in [-0.1, -0.05) is 18.2 Å². The molecule has 0 heterocycles. The Labute approximate surface area is 104 Å². The van der Waals surface area contributed by atoms with Crippen molar-refractivity contribution in [2.75, 3.05) is 13.2 Å². The molecule has 0 saturated heterocycles. The van der Waals surface area contributed by atoms with Gasteiger partial charge in [0.25, 0.3) is 0 Å². The number of amides is 1. The second-order valence-corrected chi connectivity index (χ2v) is 4.67. The van der Waals surface area contributed by atoms with E-state index in [1.165, 1.54) is 6.92 Å². The number of rotatable bonds is 5. The van der Waals surface area contributed by atoms with Crippen LogP contribution in [-0.2, 0) is 4.74 Å². The van der Waals surface area contributed by atoms with Gasteiger partial charge in [-0.2, -0.15) is 0 Å². The first-order chi connectivity index (χ1) is 8.03. The molecular formula is C11H16N2O3S. The Morgan fingerprint density at radius 2 is 2.18 bits per heavy atom. The Hall–Kier alpha value is -1.24. The van der Waals surface area contributed by atoms with Gasteiger partial charge in [0, 0.05) is 11.4 Å². The van der Waals surface area contributed by atoms with E-state index in [0.717, 1.165) is 16.8 Å². The Balaban J connectivity index is 2.27. The van der Waals surface area contributed by atoms with Crippen LogP contribution in [0.1, 0.15) is 6.92 Å². The first kappa shape index (κ1) is 13.8. The second kappa shape index (κ2) is 6.48. The average molecular weight is 256 g/mol. The van der Waals surface area contributed by atoms with E-state index >= 15 is 0 Å². The number of ether oxygens (including phenoxy) is 1. The molecule has 1 amide bonds. The lowest BCUT2D eigenvalue weighted by molar-refractivity contribution is 0.00108. The molecule has 0 aromatic heterocycles. The Morgan fingerprint density at radius 3 is 2.76 bits per heavy atom. The summed E-state index contributed by atoms with van der Waals surface area (Å²) < 4.78 is 7.32. The van der Waals surface area contributed by atoms with Crippen molar-refractivity contribution in [3.05, 3.63) is 30.3 Å². The molecule has 5 nitrogen and oxygen atoms in total. The van der Waals surface area contributed by atoms with Crippen LogP contribution in [-0.4, -0.2) is 30.0 Å². The van der Waals surface area contributed by atoms with Gasteiger partial charge in [-0.15, -0.1) is 0 Å². The van der Waals surface area contributed by atoms with Gasteiger partial charge in [0.15, 0.2) is 0 Å². The van der Waals surface area contributed by atoms with E-state index in [-0.39, 0.29) is 13.2 Å². The molecule has 1 aromatic rings. The molecule has 0 spiro atoms. The minimum atomic E-state index is -1.19. The van der Waals surface area contributed by atoms with E-state index in [1.54, 1.807) is 0 Å². The zero-order valence-corrected chi connectivity index (χ0v) is 10.4. The number of carbonyl (C=O) groups is 1. The molecule has 0 saturated carbocycles. The third-order valence-corrected chi connectivity index (χ3v) is 2.73. The SMILES string of the molecule is CC(O)(CN)COC(=O)NSc1ccccc1. The maximum Gasteiger partial charge on any atom is 0.417 e. The Kier molecular flexibility index (Phi) is 5.27. The van der Waals surface area contributed by atoms with Crippen molar-refractivity contribution >= 4 is 18.0 Å². The van der Waals surface area contributed by atoms with Crippen LogP contribution in [0.15, 0.2) is 35.2 Å². The molecule has 0 aliphatic heterocycles. The second-order valence-electron chi connectivity index (χ2n) is 3.79. The molecule has 1 atom stereocenters. The summed E-state index contributed by atoms with van der Waals surface area (Å²) in [5.41, 5.74) is 4.10. The fraction of sp³-hybridized carbons (Fsp3) is 0.364. The first-order valence-electron chi connectivity index (χ1n) is 5.10. The van der Waals surface area contributed by atoms with Crippen molar-refractivity contribution in [3.63, 3.8) is 0 Å². The van der Waals surface area contributed by atoms with Crippen LogP contribution in [0.4, 0.5) is 4.79 Å². The molecule has 0 fully saturated rings. The summed E-state index contributed by atoms with van der Waals surface area (Å²) in [7, 11) is 0. The molecule has 17 heavy (non-hydrogen) atoms. The fourth-order valence-corrected chi connectivity index (χ4v) is 1.45. The highest BCUT2D eigenvalue weighted by atomic mass is 32.2. The van der Waals surface area contributed by atoms with Gasteiger partial charge in [-0.05, 0) is 31.0 Å². The molecule has 1 unspecified atom stereocenters. The van der Waals surface area contributed by atoms with Crippen LogP contribution in [0.25, 0.3) is 0 Å². The van der Waals surface area contributed by atoms with Crippen LogP contribution in [0.5, 0.6) is 0 Å². The number of hydrogen-bond acceptors (Lipinski definition) is 5. The number of nitrogens with one attached hydrogen (secondary N) is 1. The van der Waals surface area contributed by atoms with Gasteiger partial charge in [0.2, 0.25) is 0 Å². The van der Waals surface area contributed by atoms with Crippen LogP contribution < -0.4 is 10.5 Å². The summed E-state index contributed by atoms with van der Waals surface area (Å²) in [4.78, 5) is 12.2. The maximum atomic E-state index is 11.3. The smallest absolute Gasteiger partial charge is 0.417 e. The summed E-state index contributed by atoms with van der Waals surface area (Å²) in [6.45, 7) is 1.40. The quantitative estimate of drug-likeness (QED) is 0.688. The predicted octanol–water partition coefficient (Wildman–Crippen LogP) is 1.13. The summed E-state index contributed by atoms with van der Waals surface area (Å²) in [5.74, 6) is 0. The highest BCUT2D eigenvalue weighted by Crippen LogP contribution is 2.13. The van der Waals surface area contributed by atoms with E-state index in [9.17, 15) is 9.90 Å². The molecule has 4 N–H and O–H groups in total. The van der Waals surface area contributed by atoms with E-state index in [0.29, 0.717) is 0 Å². The first-order valence-corrected chi connectivity index (χ1v) is 5.92. The van der Waals surface area contributed by atoms with Gasteiger partial charge < -0.3 is 15.6 Å². The van der Waals surface area contributed by atoms with Crippen molar-refractivity contribution in [1.29, 1.82) is 0 Å². The Bertz CT molecular complexity index is 357. The number of aliphatic hydroxyl groups is 1. The number of nitrogens with two attached hydrogens (primary N) is 1. The molecule has 0 aliphatic rings. The normalized spacial score (nSPS) is 13.8. The monoisotopic (exact) mass is 256 g/mol. The number of hydrogen-bond donors (Lipinski definition) is 3. The lowest BCUT2D eigenvalue weighted by atomic mass is 10.1. The third kappa shape index (κ3) is 5.58. The van der Waals surface area contributed by atoms with Gasteiger partial charge in [0.1, 0.15) is 12.2 Å². The fourth-order valence-electron chi connectivity index (χ4n) is 0.899. The third-order valence-electron chi connectivity index (χ3n) is 1.95. The minimum absolute atomic E-state index is 0.0338. The lowest BCUT2D eigenvalue weighted by Gasteiger charge is -2.20. The van der Waals surface area contributed by atoms with Crippen molar-refractivity contribution in [2.24, 2.45) is 5.73 Å². The zero-order valence-electron chi connectivity index (χ0n) is 9.55. The van der Waals surface area contributed by atoms with Crippen LogP contribution in [0.3, 0.4) is 0 Å². The lowest BCUT2D eigenvalue weighted by Crippen LogP contribution is -2.40. The number of carbonyl (C=O) groups excluding carboxylic acids is 1. The number of benzene rings is 1. The van der Waals surface area contributed by atoms with E-state index in [2.05, 4.69) is 4.72 Å². The zero-order chi connectivity index (χ0) is 12.7. The van der Waals surface area contributed by atoms with Crippen molar-refractivity contribution < 1.29 is 14.6 Å². The summed E-state index contributed by atoms with van der Waals surface area (Å²) in [6.07, 6.45) is -0.604. The minimum Gasteiger partial charge on any atom is -0.446 e. The largest absolute Gasteiger partial charge is 0.446 e. The van der Waals surface area contributed by atoms with Gasteiger partial charge in [-0.25, -0.2) is 4.79 Å². The Morgan fingerprint density at radius 1 is 1.53 bits per heavy atom. The van der Waals surface area contributed by atoms with Crippen LogP contribution in [0, 0.1) is 0 Å². The molecule has 1 aromatic carbocycles. The molecule has 1 rings (SSSR count). The van der Waals surface area contributed by atoms with Gasteiger partial charge >= 0.3 is 6.09 Å². The van der Waals surface area contributed by atoms with Crippen molar-refractivity contribution in [3.8, 4) is 0 Å². The molecular weight excluding hydrogens is 240 g/mol. The van der Waals surface area contributed by atoms with E-state index in [4.69, 9.17) is 10.5 Å². The highest BCUT2D eigenvalue weighted by molar-refractivity contribution is 7.98. The van der Waals surface area contributed by atoms with E-state index in [1.807, 2.05) is 30.3 Å². The average Bonchev–Trinajstić information content (AvgIpc) is 2.35. The molecule has 0 bridgehead atoms. The topological polar surface area (TPSA) is 84.6 Å². The highest BCUT2D eigenvalue weighted by Gasteiger charge is 2.20. The summed E-state index contributed by atoms with van der Waals surface area (Å²) in [5, 5.41) is 9.52. The molecule has 0 radical (unpaired) electrons. The maximum absolute atomic E-state index is 11.3. The summed E-state index contributed by atoms with van der Waals surface area (Å²) in [6, 6.07) is 9.35. The van der Waals surface area contributed by atoms with Gasteiger partial charge in [0.05, 0.1) is 0 Å². The van der Waals surface area contributed by atoms with Crippen LogP contribution in [0.2, 0.25) is 0 Å². The molecule has 94 valence electrons. The molecule has 6 heteroatoms. The molecule has 0 aliphatic carbocycles. The summed E-state index contributed by atoms with van der Waals surface area (Å²) >= 11 is 1.15. The standard InChI is InChI=1S/C11H16N2O3S/c1-11(15,7-12)8-16-10(14)13-17-9-5-3-2-4-6-9/h2-6,15H,7-8,12H2,1H3,(H,13,14). The van der Waals surface area contributed by atoms with E-state index < -0.39 is 11.7 Å². The van der Waals surface area contributed by atoms with Crippen LogP contribution >= 0.6 is 11.9 Å². The van der Waals surface area contributed by atoms with Crippen molar-refractivity contribution in [1.82, 2.24) is 4.72 Å². The van der Waals surface area contributed by atoms with Gasteiger partial charge in [-0.3, -0.25) is 4.72 Å². The van der Waals surface area contributed by atoms with Crippen molar-refractivity contribution in [2.45, 2.75) is 17.4 Å².